The molecule has 1 heteroatoms. The van der Waals surface area contributed by atoms with Gasteiger partial charge < -0.3 is 5.73 Å². The molecule has 0 aromatic heterocycles. The molecule has 2 N–H and O–H groups in total. The lowest BCUT2D eigenvalue weighted by atomic mass is 9.74. The number of rotatable bonds is 3. The fourth-order valence-corrected chi connectivity index (χ4v) is 2.59. The van der Waals surface area contributed by atoms with E-state index in [1.807, 2.05) is 0 Å². The summed E-state index contributed by atoms with van der Waals surface area (Å²) in [6, 6.07) is 0. The summed E-state index contributed by atoms with van der Waals surface area (Å²) in [6.07, 6.45) is 7.02. The van der Waals surface area contributed by atoms with Gasteiger partial charge in [0.05, 0.1) is 0 Å². The Balaban J connectivity index is 2.30. The molecule has 1 rings (SSSR count). The van der Waals surface area contributed by atoms with Crippen molar-refractivity contribution in [2.45, 2.75) is 46.0 Å². The molecule has 0 heterocycles. The van der Waals surface area contributed by atoms with Gasteiger partial charge in [-0.25, -0.2) is 0 Å². The van der Waals surface area contributed by atoms with Crippen LogP contribution in [-0.2, 0) is 0 Å². The highest BCUT2D eigenvalue weighted by molar-refractivity contribution is 4.77. The molecule has 0 aliphatic heterocycles. The van der Waals surface area contributed by atoms with Crippen molar-refractivity contribution in [1.82, 2.24) is 0 Å². The summed E-state index contributed by atoms with van der Waals surface area (Å²) in [5.41, 5.74) is 5.71. The summed E-state index contributed by atoms with van der Waals surface area (Å²) >= 11 is 0. The minimum Gasteiger partial charge on any atom is -0.330 e. The van der Waals surface area contributed by atoms with Gasteiger partial charge in [-0.1, -0.05) is 33.1 Å². The third-order valence-electron chi connectivity index (χ3n) is 3.46. The number of nitrogens with two attached hydrogens (primary N) is 1. The first-order valence-electron chi connectivity index (χ1n) is 5.48. The molecule has 1 saturated carbocycles. The highest BCUT2D eigenvalue weighted by atomic mass is 14.6. The van der Waals surface area contributed by atoms with Crippen molar-refractivity contribution in [1.29, 1.82) is 0 Å². The van der Waals surface area contributed by atoms with Gasteiger partial charge in [-0.15, -0.1) is 0 Å². The van der Waals surface area contributed by atoms with Gasteiger partial charge in [0.1, 0.15) is 0 Å². The van der Waals surface area contributed by atoms with E-state index in [9.17, 15) is 0 Å². The quantitative estimate of drug-likeness (QED) is 0.690. The average molecular weight is 169 g/mol. The van der Waals surface area contributed by atoms with Crippen molar-refractivity contribution in [3.05, 3.63) is 0 Å². The predicted molar refractivity (Wildman–Crippen MR) is 54.0 cm³/mol. The van der Waals surface area contributed by atoms with Gasteiger partial charge in [0.25, 0.3) is 0 Å². The van der Waals surface area contributed by atoms with E-state index in [4.69, 9.17) is 5.73 Å². The summed E-state index contributed by atoms with van der Waals surface area (Å²) < 4.78 is 0. The summed E-state index contributed by atoms with van der Waals surface area (Å²) in [6.45, 7) is 5.57. The molecule has 3 atom stereocenters. The first-order chi connectivity index (χ1) is 5.77. The van der Waals surface area contributed by atoms with Gasteiger partial charge in [0, 0.05) is 0 Å². The minimum atomic E-state index is 0.818. The van der Waals surface area contributed by atoms with E-state index in [-0.39, 0.29) is 0 Å². The van der Waals surface area contributed by atoms with Crippen molar-refractivity contribution in [2.75, 3.05) is 6.54 Å². The topological polar surface area (TPSA) is 26.0 Å². The van der Waals surface area contributed by atoms with Crippen molar-refractivity contribution in [2.24, 2.45) is 23.5 Å². The van der Waals surface area contributed by atoms with E-state index in [0.29, 0.717) is 0 Å². The van der Waals surface area contributed by atoms with Crippen LogP contribution in [0.2, 0.25) is 0 Å². The molecule has 0 aromatic rings. The normalized spacial score (nSPS) is 36.8. The molecular formula is C11H23N. The maximum absolute atomic E-state index is 5.71. The average Bonchev–Trinajstić information content (AvgIpc) is 2.05. The fraction of sp³-hybridized carbons (Fsp3) is 1.00. The Hall–Kier alpha value is -0.0400. The second kappa shape index (κ2) is 4.86. The Morgan fingerprint density at radius 2 is 2.08 bits per heavy atom. The summed E-state index contributed by atoms with van der Waals surface area (Å²) in [5, 5.41) is 0. The number of hydrogen-bond acceptors (Lipinski definition) is 1. The van der Waals surface area contributed by atoms with Crippen LogP contribution in [0.1, 0.15) is 46.0 Å². The monoisotopic (exact) mass is 169 g/mol. The lowest BCUT2D eigenvalue weighted by Crippen LogP contribution is -2.28. The maximum atomic E-state index is 5.71. The zero-order valence-electron chi connectivity index (χ0n) is 8.55. The fourth-order valence-electron chi connectivity index (χ4n) is 2.59. The lowest BCUT2D eigenvalue weighted by Gasteiger charge is -2.33. The van der Waals surface area contributed by atoms with Gasteiger partial charge >= 0.3 is 0 Å². The van der Waals surface area contributed by atoms with Crippen LogP contribution in [0, 0.1) is 17.8 Å². The van der Waals surface area contributed by atoms with E-state index in [1.165, 1.54) is 32.1 Å². The lowest BCUT2D eigenvalue weighted by molar-refractivity contribution is 0.191. The molecule has 1 nitrogen and oxygen atoms in total. The highest BCUT2D eigenvalue weighted by Gasteiger charge is 2.25. The van der Waals surface area contributed by atoms with Gasteiger partial charge in [-0.3, -0.25) is 0 Å². The molecule has 72 valence electrons. The Kier molecular flexibility index (Phi) is 4.07. The van der Waals surface area contributed by atoms with E-state index in [2.05, 4.69) is 13.8 Å². The van der Waals surface area contributed by atoms with Crippen molar-refractivity contribution in [3.8, 4) is 0 Å². The molecule has 1 aliphatic carbocycles. The summed E-state index contributed by atoms with van der Waals surface area (Å²) in [5.74, 6) is 2.70. The van der Waals surface area contributed by atoms with E-state index in [0.717, 1.165) is 24.3 Å². The molecule has 0 amide bonds. The molecule has 1 aliphatic rings. The van der Waals surface area contributed by atoms with E-state index < -0.39 is 0 Å². The van der Waals surface area contributed by atoms with Gasteiger partial charge in [-0.2, -0.15) is 0 Å². The predicted octanol–water partition coefficient (Wildman–Crippen LogP) is 2.80. The van der Waals surface area contributed by atoms with Crippen LogP contribution in [0.15, 0.2) is 0 Å². The smallest absolute Gasteiger partial charge is 0.00463 e. The standard InChI is InChI=1S/C11H23N/c1-3-4-10-5-6-11(8-12)9(2)7-10/h9-11H,3-8,12H2,1-2H3. The van der Waals surface area contributed by atoms with Crippen LogP contribution in [0.25, 0.3) is 0 Å². The third-order valence-corrected chi connectivity index (χ3v) is 3.46. The van der Waals surface area contributed by atoms with Crippen LogP contribution in [0.5, 0.6) is 0 Å². The van der Waals surface area contributed by atoms with E-state index >= 15 is 0 Å². The second-order valence-corrected chi connectivity index (χ2v) is 4.44. The highest BCUT2D eigenvalue weighted by Crippen LogP contribution is 2.35. The van der Waals surface area contributed by atoms with Crippen molar-refractivity contribution < 1.29 is 0 Å². The molecule has 0 bridgehead atoms. The van der Waals surface area contributed by atoms with Crippen LogP contribution < -0.4 is 5.73 Å². The Bertz CT molecular complexity index is 122. The first kappa shape index (κ1) is 10.0. The molecule has 0 radical (unpaired) electrons. The van der Waals surface area contributed by atoms with Crippen LogP contribution in [0.4, 0.5) is 0 Å². The molecule has 1 fully saturated rings. The largest absolute Gasteiger partial charge is 0.330 e. The molecular weight excluding hydrogens is 146 g/mol. The second-order valence-electron chi connectivity index (χ2n) is 4.44. The molecule has 0 aromatic carbocycles. The molecule has 0 spiro atoms. The zero-order chi connectivity index (χ0) is 8.97. The van der Waals surface area contributed by atoms with Gasteiger partial charge in [-0.05, 0) is 37.1 Å². The Labute approximate surface area is 76.7 Å². The molecule has 12 heavy (non-hydrogen) atoms. The first-order valence-corrected chi connectivity index (χ1v) is 5.48. The number of hydrogen-bond donors (Lipinski definition) is 1. The maximum Gasteiger partial charge on any atom is -0.00463 e. The Morgan fingerprint density at radius 1 is 1.33 bits per heavy atom. The zero-order valence-corrected chi connectivity index (χ0v) is 8.55. The Morgan fingerprint density at radius 3 is 2.58 bits per heavy atom. The minimum absolute atomic E-state index is 0.818. The van der Waals surface area contributed by atoms with Crippen LogP contribution >= 0.6 is 0 Å². The van der Waals surface area contributed by atoms with Crippen LogP contribution in [-0.4, -0.2) is 6.54 Å². The third kappa shape index (κ3) is 2.48. The molecule has 3 unspecified atom stereocenters. The molecule has 0 saturated heterocycles. The van der Waals surface area contributed by atoms with Crippen LogP contribution in [0.3, 0.4) is 0 Å². The summed E-state index contributed by atoms with van der Waals surface area (Å²) in [4.78, 5) is 0. The van der Waals surface area contributed by atoms with Gasteiger partial charge in [0.2, 0.25) is 0 Å². The summed E-state index contributed by atoms with van der Waals surface area (Å²) in [7, 11) is 0. The SMILES string of the molecule is CCCC1CCC(CN)C(C)C1. The van der Waals surface area contributed by atoms with Gasteiger partial charge in [0.15, 0.2) is 0 Å². The van der Waals surface area contributed by atoms with Crippen molar-refractivity contribution in [3.63, 3.8) is 0 Å². The van der Waals surface area contributed by atoms with E-state index in [1.54, 1.807) is 0 Å². The van der Waals surface area contributed by atoms with Crippen molar-refractivity contribution >= 4 is 0 Å².